The van der Waals surface area contributed by atoms with Gasteiger partial charge >= 0.3 is 0 Å². The van der Waals surface area contributed by atoms with E-state index in [9.17, 15) is 0 Å². The van der Waals surface area contributed by atoms with E-state index in [1.54, 1.807) is 0 Å². The zero-order valence-electron chi connectivity index (χ0n) is 25.5. The summed E-state index contributed by atoms with van der Waals surface area (Å²) in [5, 5.41) is 0. The van der Waals surface area contributed by atoms with Crippen LogP contribution in [0.1, 0.15) is 44.5 Å². The van der Waals surface area contributed by atoms with Gasteiger partial charge in [-0.1, -0.05) is 66.7 Å². The number of hydrogen-bond donors (Lipinski definition) is 0. The van der Waals surface area contributed by atoms with E-state index in [0.717, 1.165) is 0 Å². The van der Waals surface area contributed by atoms with Gasteiger partial charge in [0.15, 0.2) is 0 Å². The van der Waals surface area contributed by atoms with Crippen molar-refractivity contribution in [2.24, 2.45) is 0 Å². The number of fused-ring (bicyclic) bond motifs is 10. The van der Waals surface area contributed by atoms with Crippen molar-refractivity contribution >= 4 is 11.4 Å². The number of anilines is 2. The quantitative estimate of drug-likeness (QED) is 0.223. The Morgan fingerprint density at radius 2 is 0.878 bits per heavy atom. The van der Waals surface area contributed by atoms with Crippen LogP contribution < -0.4 is 9.80 Å². The first-order valence-corrected chi connectivity index (χ1v) is 14.6. The first-order valence-electron chi connectivity index (χ1n) is 14.6. The van der Waals surface area contributed by atoms with Gasteiger partial charge in [0.05, 0.1) is 5.41 Å². The van der Waals surface area contributed by atoms with Gasteiger partial charge in [-0.3, -0.25) is 0 Å². The SMILES string of the molecule is Cc1cccc2c1-c1c(C)cccc1C21c2cccc(C)c2-c2c(C)ccc(-c3cc(N(C)C)cc(N(C)C)c3)c21. The fraction of sp³-hybridized carbons (Fsp3) is 0.231. The Labute approximate surface area is 244 Å². The van der Waals surface area contributed by atoms with Crippen LogP contribution in [0.15, 0.2) is 84.9 Å². The third-order valence-corrected chi connectivity index (χ3v) is 9.57. The fourth-order valence-corrected chi connectivity index (χ4v) is 7.70. The van der Waals surface area contributed by atoms with Crippen molar-refractivity contribution < 1.29 is 0 Å². The molecule has 5 aromatic rings. The molecule has 0 saturated carbocycles. The lowest BCUT2D eigenvalue weighted by Crippen LogP contribution is -2.27. The lowest BCUT2D eigenvalue weighted by atomic mass is 9.68. The van der Waals surface area contributed by atoms with E-state index in [4.69, 9.17) is 0 Å². The number of hydrogen-bond acceptors (Lipinski definition) is 2. The molecule has 0 saturated heterocycles. The summed E-state index contributed by atoms with van der Waals surface area (Å²) in [7, 11) is 8.53. The molecule has 0 bridgehead atoms. The van der Waals surface area contributed by atoms with Gasteiger partial charge in [-0.05, 0) is 124 Å². The topological polar surface area (TPSA) is 6.48 Å². The Bertz CT molecular complexity index is 1790. The van der Waals surface area contributed by atoms with Crippen molar-refractivity contribution in [3.05, 3.63) is 129 Å². The Balaban J connectivity index is 1.71. The van der Waals surface area contributed by atoms with Crippen molar-refractivity contribution in [2.75, 3.05) is 38.0 Å². The Kier molecular flexibility index (Phi) is 5.54. The molecule has 0 heterocycles. The van der Waals surface area contributed by atoms with Crippen LogP contribution in [0, 0.1) is 27.7 Å². The highest BCUT2D eigenvalue weighted by atomic mass is 15.1. The van der Waals surface area contributed by atoms with Crippen LogP contribution in [0.25, 0.3) is 33.4 Å². The lowest BCUT2D eigenvalue weighted by molar-refractivity contribution is 0.794. The molecule has 0 aliphatic heterocycles. The number of benzene rings is 5. The van der Waals surface area contributed by atoms with E-state index in [1.807, 2.05) is 0 Å². The molecule has 0 radical (unpaired) electrons. The Morgan fingerprint density at radius 3 is 1.32 bits per heavy atom. The standard InChI is InChI=1S/C39H38N2/c1-23-12-9-15-31-34(23)35-24(2)13-10-16-32(35)39(31)33-17-11-14-25(3)36(33)37-26(4)18-19-30(38(37)39)27-20-28(40(5)6)22-29(21-27)41(7)8/h9-22H,1-8H3. The second-order valence-electron chi connectivity index (χ2n) is 12.4. The Morgan fingerprint density at radius 1 is 0.463 bits per heavy atom. The molecule has 7 rings (SSSR count). The predicted molar refractivity (Wildman–Crippen MR) is 176 cm³/mol. The van der Waals surface area contributed by atoms with Crippen LogP contribution >= 0.6 is 0 Å². The average Bonchev–Trinajstić information content (AvgIpc) is 3.43. The molecule has 204 valence electrons. The molecule has 5 aromatic carbocycles. The van der Waals surface area contributed by atoms with E-state index in [2.05, 4.69) is 151 Å². The minimum Gasteiger partial charge on any atom is -0.378 e. The van der Waals surface area contributed by atoms with Gasteiger partial charge in [0, 0.05) is 39.6 Å². The van der Waals surface area contributed by atoms with Gasteiger partial charge in [0.25, 0.3) is 0 Å². The molecule has 0 fully saturated rings. The van der Waals surface area contributed by atoms with Crippen molar-refractivity contribution in [1.29, 1.82) is 0 Å². The van der Waals surface area contributed by atoms with Gasteiger partial charge in [0.2, 0.25) is 0 Å². The minimum absolute atomic E-state index is 0.382. The molecular formula is C39H38N2. The van der Waals surface area contributed by atoms with Crippen LogP contribution in [0.2, 0.25) is 0 Å². The maximum atomic E-state index is 2.40. The Hall–Kier alpha value is -4.30. The molecule has 1 spiro atoms. The molecule has 0 atom stereocenters. The van der Waals surface area contributed by atoms with E-state index >= 15 is 0 Å². The molecule has 41 heavy (non-hydrogen) atoms. The van der Waals surface area contributed by atoms with Gasteiger partial charge in [0.1, 0.15) is 0 Å². The van der Waals surface area contributed by atoms with Crippen LogP contribution in [0.3, 0.4) is 0 Å². The second-order valence-corrected chi connectivity index (χ2v) is 12.4. The van der Waals surface area contributed by atoms with Crippen molar-refractivity contribution in [2.45, 2.75) is 33.1 Å². The summed E-state index contributed by atoms with van der Waals surface area (Å²) in [5.41, 5.74) is 21.3. The van der Waals surface area contributed by atoms with Gasteiger partial charge < -0.3 is 9.80 Å². The summed E-state index contributed by atoms with van der Waals surface area (Å²) in [6, 6.07) is 32.6. The molecular weight excluding hydrogens is 496 g/mol. The maximum Gasteiger partial charge on any atom is 0.0731 e. The summed E-state index contributed by atoms with van der Waals surface area (Å²) in [5.74, 6) is 0. The molecule has 2 aliphatic carbocycles. The third kappa shape index (κ3) is 3.31. The molecule has 0 unspecified atom stereocenters. The van der Waals surface area contributed by atoms with E-state index < -0.39 is 0 Å². The molecule has 0 amide bonds. The first-order chi connectivity index (χ1) is 19.7. The van der Waals surface area contributed by atoms with Crippen LogP contribution in [-0.2, 0) is 5.41 Å². The van der Waals surface area contributed by atoms with Crippen molar-refractivity contribution in [1.82, 2.24) is 0 Å². The molecule has 2 nitrogen and oxygen atoms in total. The van der Waals surface area contributed by atoms with Crippen LogP contribution in [-0.4, -0.2) is 28.2 Å². The highest BCUT2D eigenvalue weighted by Gasteiger charge is 2.54. The van der Waals surface area contributed by atoms with E-state index in [1.165, 1.54) is 89.3 Å². The van der Waals surface area contributed by atoms with Crippen LogP contribution in [0.4, 0.5) is 11.4 Å². The number of rotatable bonds is 3. The highest BCUT2D eigenvalue weighted by Crippen LogP contribution is 2.66. The van der Waals surface area contributed by atoms with Gasteiger partial charge in [-0.2, -0.15) is 0 Å². The largest absolute Gasteiger partial charge is 0.378 e. The van der Waals surface area contributed by atoms with E-state index in [-0.39, 0.29) is 5.41 Å². The van der Waals surface area contributed by atoms with Crippen molar-refractivity contribution in [3.8, 4) is 33.4 Å². The molecule has 2 heteroatoms. The molecule has 0 aromatic heterocycles. The van der Waals surface area contributed by atoms with Gasteiger partial charge in [-0.25, -0.2) is 0 Å². The average molecular weight is 535 g/mol. The number of nitrogens with zero attached hydrogens (tertiary/aromatic N) is 2. The number of aryl methyl sites for hydroxylation is 4. The third-order valence-electron chi connectivity index (χ3n) is 9.57. The minimum atomic E-state index is -0.382. The second kappa shape index (κ2) is 8.85. The van der Waals surface area contributed by atoms with Crippen LogP contribution in [0.5, 0.6) is 0 Å². The zero-order valence-corrected chi connectivity index (χ0v) is 25.5. The van der Waals surface area contributed by atoms with Crippen molar-refractivity contribution in [3.63, 3.8) is 0 Å². The fourth-order valence-electron chi connectivity index (χ4n) is 7.70. The highest BCUT2D eigenvalue weighted by molar-refractivity contribution is 6.01. The monoisotopic (exact) mass is 534 g/mol. The summed E-state index contributed by atoms with van der Waals surface area (Å²) >= 11 is 0. The summed E-state index contributed by atoms with van der Waals surface area (Å²) in [6.45, 7) is 9.14. The summed E-state index contributed by atoms with van der Waals surface area (Å²) in [4.78, 5) is 4.43. The first kappa shape index (κ1) is 25.7. The normalized spacial score (nSPS) is 13.6. The van der Waals surface area contributed by atoms with E-state index in [0.29, 0.717) is 0 Å². The zero-order chi connectivity index (χ0) is 28.8. The van der Waals surface area contributed by atoms with Gasteiger partial charge in [-0.15, -0.1) is 0 Å². The molecule has 0 N–H and O–H groups in total. The maximum absolute atomic E-state index is 2.40. The molecule has 2 aliphatic rings. The predicted octanol–water partition coefficient (Wildman–Crippen LogP) is 9.06. The summed E-state index contributed by atoms with van der Waals surface area (Å²) in [6.07, 6.45) is 0. The smallest absolute Gasteiger partial charge is 0.0731 e. The summed E-state index contributed by atoms with van der Waals surface area (Å²) < 4.78 is 0. The lowest BCUT2D eigenvalue weighted by Gasteiger charge is -2.33.